The second kappa shape index (κ2) is 8.92. The minimum atomic E-state index is -2.78. The highest BCUT2D eigenvalue weighted by molar-refractivity contribution is 7.91. The summed E-state index contributed by atoms with van der Waals surface area (Å²) in [4.78, 5) is 0. The third-order valence-corrected chi connectivity index (χ3v) is 4.79. The molecule has 0 heterocycles. The molecule has 17 heavy (non-hydrogen) atoms. The van der Waals surface area contributed by atoms with Gasteiger partial charge in [0.2, 0.25) is 0 Å². The van der Waals surface area contributed by atoms with Gasteiger partial charge in [-0.25, -0.2) is 8.42 Å². The van der Waals surface area contributed by atoms with E-state index in [9.17, 15) is 8.42 Å². The van der Waals surface area contributed by atoms with Gasteiger partial charge in [-0.3, -0.25) is 0 Å². The molecule has 0 amide bonds. The molecule has 0 saturated carbocycles. The van der Waals surface area contributed by atoms with E-state index in [1.54, 1.807) is 6.92 Å². The minimum Gasteiger partial charge on any atom is -0.317 e. The summed E-state index contributed by atoms with van der Waals surface area (Å²) < 4.78 is 22.8. The molecule has 104 valence electrons. The van der Waals surface area contributed by atoms with Gasteiger partial charge < -0.3 is 5.32 Å². The van der Waals surface area contributed by atoms with Gasteiger partial charge >= 0.3 is 0 Å². The van der Waals surface area contributed by atoms with Crippen molar-refractivity contribution in [2.24, 2.45) is 11.8 Å². The van der Waals surface area contributed by atoms with Crippen LogP contribution in [0.5, 0.6) is 0 Å². The smallest absolute Gasteiger partial charge is 0.150 e. The molecule has 0 spiro atoms. The lowest BCUT2D eigenvalue weighted by molar-refractivity contribution is 0.366. The molecule has 0 aliphatic heterocycles. The standard InChI is InChI=1S/C13H29NO2S/c1-5-14-11-13(10-12(3)4)8-7-9-17(15,16)6-2/h12-14H,5-11H2,1-4H3. The van der Waals surface area contributed by atoms with Gasteiger partial charge in [-0.1, -0.05) is 27.7 Å². The fraction of sp³-hybridized carbons (Fsp3) is 1.00. The maximum atomic E-state index is 11.4. The number of hydrogen-bond donors (Lipinski definition) is 1. The van der Waals surface area contributed by atoms with E-state index in [0.717, 1.165) is 25.9 Å². The summed E-state index contributed by atoms with van der Waals surface area (Å²) in [5.41, 5.74) is 0. The van der Waals surface area contributed by atoms with Gasteiger partial charge in [0.05, 0.1) is 5.75 Å². The first kappa shape index (κ1) is 16.9. The average Bonchev–Trinajstić information content (AvgIpc) is 2.24. The Morgan fingerprint density at radius 3 is 2.29 bits per heavy atom. The van der Waals surface area contributed by atoms with E-state index in [0.29, 0.717) is 17.6 Å². The lowest BCUT2D eigenvalue weighted by Crippen LogP contribution is -2.24. The normalized spacial score (nSPS) is 14.2. The Kier molecular flexibility index (Phi) is 8.88. The molecule has 0 bridgehead atoms. The lowest BCUT2D eigenvalue weighted by atomic mass is 9.93. The molecule has 0 saturated heterocycles. The molecule has 1 N–H and O–H groups in total. The maximum Gasteiger partial charge on any atom is 0.150 e. The predicted octanol–water partition coefficient (Wildman–Crippen LogP) is 2.47. The van der Waals surface area contributed by atoms with Gasteiger partial charge in [0.25, 0.3) is 0 Å². The van der Waals surface area contributed by atoms with Crippen LogP contribution in [0.4, 0.5) is 0 Å². The molecule has 0 aliphatic carbocycles. The van der Waals surface area contributed by atoms with Crippen LogP contribution in [-0.4, -0.2) is 33.0 Å². The van der Waals surface area contributed by atoms with E-state index >= 15 is 0 Å². The van der Waals surface area contributed by atoms with Crippen LogP contribution < -0.4 is 5.32 Å². The molecule has 4 heteroatoms. The van der Waals surface area contributed by atoms with Crippen LogP contribution in [0.2, 0.25) is 0 Å². The predicted molar refractivity (Wildman–Crippen MR) is 75.1 cm³/mol. The van der Waals surface area contributed by atoms with E-state index in [-0.39, 0.29) is 5.75 Å². The Bertz CT molecular complexity index is 273. The van der Waals surface area contributed by atoms with E-state index < -0.39 is 9.84 Å². The molecule has 1 unspecified atom stereocenters. The summed E-state index contributed by atoms with van der Waals surface area (Å²) in [6.07, 6.45) is 3.00. The Morgan fingerprint density at radius 2 is 1.82 bits per heavy atom. The first-order valence-corrected chi connectivity index (χ1v) is 8.64. The highest BCUT2D eigenvalue weighted by Crippen LogP contribution is 2.17. The number of sulfone groups is 1. The molecule has 0 aromatic rings. The Hall–Kier alpha value is -0.0900. The van der Waals surface area contributed by atoms with Gasteiger partial charge in [0, 0.05) is 5.75 Å². The third-order valence-electron chi connectivity index (χ3n) is 3.00. The fourth-order valence-corrected chi connectivity index (χ4v) is 2.95. The topological polar surface area (TPSA) is 46.2 Å². The molecule has 0 aliphatic rings. The fourth-order valence-electron chi connectivity index (χ4n) is 2.05. The minimum absolute atomic E-state index is 0.273. The van der Waals surface area contributed by atoms with Crippen molar-refractivity contribution in [1.29, 1.82) is 0 Å². The first-order valence-electron chi connectivity index (χ1n) is 6.82. The highest BCUT2D eigenvalue weighted by atomic mass is 32.2. The van der Waals surface area contributed by atoms with Gasteiger partial charge in [-0.05, 0) is 44.2 Å². The van der Waals surface area contributed by atoms with E-state index in [1.807, 2.05) is 0 Å². The van der Waals surface area contributed by atoms with E-state index in [4.69, 9.17) is 0 Å². The zero-order valence-electron chi connectivity index (χ0n) is 11.8. The maximum absolute atomic E-state index is 11.4. The van der Waals surface area contributed by atoms with Gasteiger partial charge in [0.1, 0.15) is 9.84 Å². The van der Waals surface area contributed by atoms with Gasteiger partial charge in [-0.15, -0.1) is 0 Å². The van der Waals surface area contributed by atoms with Crippen LogP contribution >= 0.6 is 0 Å². The molecular formula is C13H29NO2S. The SMILES string of the molecule is CCNCC(CCCS(=O)(=O)CC)CC(C)C. The zero-order valence-corrected chi connectivity index (χ0v) is 12.6. The molecule has 0 aromatic carbocycles. The second-order valence-electron chi connectivity index (χ2n) is 5.18. The monoisotopic (exact) mass is 263 g/mol. The first-order chi connectivity index (χ1) is 7.91. The van der Waals surface area contributed by atoms with Crippen LogP contribution in [0.3, 0.4) is 0 Å². The summed E-state index contributed by atoms with van der Waals surface area (Å²) in [5.74, 6) is 1.92. The van der Waals surface area contributed by atoms with Gasteiger partial charge in [-0.2, -0.15) is 0 Å². The van der Waals surface area contributed by atoms with Crippen LogP contribution in [0.1, 0.15) is 47.0 Å². The molecule has 0 aromatic heterocycles. The highest BCUT2D eigenvalue weighted by Gasteiger charge is 2.13. The average molecular weight is 263 g/mol. The molecule has 0 rings (SSSR count). The molecule has 3 nitrogen and oxygen atoms in total. The van der Waals surface area contributed by atoms with Crippen molar-refractivity contribution in [1.82, 2.24) is 5.32 Å². The third kappa shape index (κ3) is 9.60. The van der Waals surface area contributed by atoms with Crippen molar-refractivity contribution >= 4 is 9.84 Å². The van der Waals surface area contributed by atoms with Crippen LogP contribution in [0, 0.1) is 11.8 Å². The lowest BCUT2D eigenvalue weighted by Gasteiger charge is -2.19. The quantitative estimate of drug-likeness (QED) is 0.658. The summed E-state index contributed by atoms with van der Waals surface area (Å²) in [6, 6.07) is 0. The number of rotatable bonds is 10. The summed E-state index contributed by atoms with van der Waals surface area (Å²) in [5, 5.41) is 3.37. The van der Waals surface area contributed by atoms with Crippen LogP contribution in [0.25, 0.3) is 0 Å². The summed E-state index contributed by atoms with van der Waals surface area (Å²) in [6.45, 7) is 10.3. The van der Waals surface area contributed by atoms with Gasteiger partial charge in [0.15, 0.2) is 0 Å². The second-order valence-corrected chi connectivity index (χ2v) is 7.65. The van der Waals surface area contributed by atoms with Crippen LogP contribution in [0.15, 0.2) is 0 Å². The van der Waals surface area contributed by atoms with Crippen molar-refractivity contribution in [2.75, 3.05) is 24.6 Å². The van der Waals surface area contributed by atoms with Crippen molar-refractivity contribution in [3.8, 4) is 0 Å². The van der Waals surface area contributed by atoms with Crippen molar-refractivity contribution < 1.29 is 8.42 Å². The summed E-state index contributed by atoms with van der Waals surface area (Å²) >= 11 is 0. The molecule has 0 radical (unpaired) electrons. The molecular weight excluding hydrogens is 234 g/mol. The number of nitrogens with one attached hydrogen (secondary N) is 1. The van der Waals surface area contributed by atoms with Crippen LogP contribution in [-0.2, 0) is 9.84 Å². The van der Waals surface area contributed by atoms with E-state index in [1.165, 1.54) is 6.42 Å². The van der Waals surface area contributed by atoms with Crippen molar-refractivity contribution in [3.63, 3.8) is 0 Å². The summed E-state index contributed by atoms with van der Waals surface area (Å²) in [7, 11) is -2.78. The molecule has 1 atom stereocenters. The largest absolute Gasteiger partial charge is 0.317 e. The molecule has 0 fully saturated rings. The van der Waals surface area contributed by atoms with Crippen molar-refractivity contribution in [2.45, 2.75) is 47.0 Å². The Morgan fingerprint density at radius 1 is 1.18 bits per heavy atom. The Labute approximate surface area is 107 Å². The van der Waals surface area contributed by atoms with E-state index in [2.05, 4.69) is 26.1 Å². The zero-order chi connectivity index (χ0) is 13.3. The van der Waals surface area contributed by atoms with Crippen molar-refractivity contribution in [3.05, 3.63) is 0 Å². The Balaban J connectivity index is 3.98. The number of hydrogen-bond acceptors (Lipinski definition) is 3.